The maximum atomic E-state index is 5.66. The summed E-state index contributed by atoms with van der Waals surface area (Å²) in [6.07, 6.45) is 4.09. The van der Waals surface area contributed by atoms with Crippen LogP contribution in [0.4, 0.5) is 0 Å². The summed E-state index contributed by atoms with van der Waals surface area (Å²) in [5.41, 5.74) is 1.39. The van der Waals surface area contributed by atoms with Gasteiger partial charge < -0.3 is 10.1 Å². The summed E-state index contributed by atoms with van der Waals surface area (Å²) in [7, 11) is 0. The van der Waals surface area contributed by atoms with E-state index in [1.807, 2.05) is 0 Å². The third-order valence-corrected chi connectivity index (χ3v) is 3.68. The Morgan fingerprint density at radius 3 is 2.67 bits per heavy atom. The second-order valence-corrected chi connectivity index (χ2v) is 5.51. The lowest BCUT2D eigenvalue weighted by atomic mass is 9.96. The van der Waals surface area contributed by atoms with Crippen molar-refractivity contribution >= 4 is 0 Å². The van der Waals surface area contributed by atoms with Gasteiger partial charge in [0.05, 0.1) is 6.10 Å². The Kier molecular flexibility index (Phi) is 5.21. The topological polar surface area (TPSA) is 21.3 Å². The van der Waals surface area contributed by atoms with Gasteiger partial charge in [-0.2, -0.15) is 0 Å². The standard InChI is InChI=1S/C16H25NO/c1-13(2)16(14-7-4-3-5-8-14)17-11-10-15-9-6-12-18-15/h3-5,7-8,13,15-17H,6,9-12H2,1-2H3. The third kappa shape index (κ3) is 3.82. The van der Waals surface area contributed by atoms with Gasteiger partial charge in [0.1, 0.15) is 0 Å². The largest absolute Gasteiger partial charge is 0.378 e. The summed E-state index contributed by atoms with van der Waals surface area (Å²) in [5.74, 6) is 0.608. The lowest BCUT2D eigenvalue weighted by Crippen LogP contribution is -2.28. The summed E-state index contributed by atoms with van der Waals surface area (Å²) < 4.78 is 5.66. The van der Waals surface area contributed by atoms with Gasteiger partial charge in [-0.05, 0) is 37.3 Å². The first kappa shape index (κ1) is 13.6. The molecule has 0 saturated carbocycles. The Balaban J connectivity index is 1.83. The van der Waals surface area contributed by atoms with Gasteiger partial charge in [0.15, 0.2) is 0 Å². The summed E-state index contributed by atoms with van der Waals surface area (Å²) in [4.78, 5) is 0. The molecule has 18 heavy (non-hydrogen) atoms. The van der Waals surface area contributed by atoms with Crippen molar-refractivity contribution < 1.29 is 4.74 Å². The molecule has 1 saturated heterocycles. The number of rotatable bonds is 6. The molecule has 1 fully saturated rings. The molecule has 2 nitrogen and oxygen atoms in total. The van der Waals surface area contributed by atoms with Crippen LogP contribution in [-0.4, -0.2) is 19.3 Å². The van der Waals surface area contributed by atoms with E-state index in [1.165, 1.54) is 18.4 Å². The zero-order valence-corrected chi connectivity index (χ0v) is 11.6. The average Bonchev–Trinajstić information content (AvgIpc) is 2.88. The predicted octanol–water partition coefficient (Wildman–Crippen LogP) is 3.54. The van der Waals surface area contributed by atoms with Gasteiger partial charge in [-0.15, -0.1) is 0 Å². The van der Waals surface area contributed by atoms with Crippen molar-refractivity contribution in [1.29, 1.82) is 0 Å². The van der Waals surface area contributed by atoms with Crippen LogP contribution in [0.15, 0.2) is 30.3 Å². The number of hydrogen-bond acceptors (Lipinski definition) is 2. The Hall–Kier alpha value is -0.860. The molecule has 0 spiro atoms. The van der Waals surface area contributed by atoms with E-state index in [4.69, 9.17) is 4.74 Å². The van der Waals surface area contributed by atoms with Gasteiger partial charge >= 0.3 is 0 Å². The highest BCUT2D eigenvalue weighted by atomic mass is 16.5. The fourth-order valence-corrected chi connectivity index (χ4v) is 2.67. The summed E-state index contributed by atoms with van der Waals surface area (Å²) in [6, 6.07) is 11.2. The van der Waals surface area contributed by atoms with E-state index in [9.17, 15) is 0 Å². The van der Waals surface area contributed by atoms with E-state index in [0.717, 1.165) is 19.6 Å². The van der Waals surface area contributed by atoms with Gasteiger partial charge in [-0.25, -0.2) is 0 Å². The molecular weight excluding hydrogens is 222 g/mol. The van der Waals surface area contributed by atoms with Crippen LogP contribution in [0.3, 0.4) is 0 Å². The zero-order valence-electron chi connectivity index (χ0n) is 11.6. The molecule has 1 aromatic rings. The molecule has 2 unspecified atom stereocenters. The monoisotopic (exact) mass is 247 g/mol. The highest BCUT2D eigenvalue weighted by Gasteiger charge is 2.18. The third-order valence-electron chi connectivity index (χ3n) is 3.68. The van der Waals surface area contributed by atoms with E-state index in [0.29, 0.717) is 18.1 Å². The minimum atomic E-state index is 0.451. The van der Waals surface area contributed by atoms with Crippen LogP contribution in [0, 0.1) is 5.92 Å². The molecule has 2 atom stereocenters. The minimum Gasteiger partial charge on any atom is -0.378 e. The first-order chi connectivity index (χ1) is 8.77. The zero-order chi connectivity index (χ0) is 12.8. The van der Waals surface area contributed by atoms with E-state index in [2.05, 4.69) is 49.5 Å². The molecule has 0 radical (unpaired) electrons. The SMILES string of the molecule is CC(C)C(NCCC1CCCO1)c1ccccc1. The molecule has 0 bridgehead atoms. The van der Waals surface area contributed by atoms with Crippen molar-refractivity contribution in [2.45, 2.75) is 45.3 Å². The minimum absolute atomic E-state index is 0.451. The summed E-state index contributed by atoms with van der Waals surface area (Å²) in [5, 5.41) is 3.68. The molecule has 0 aromatic heterocycles. The highest BCUT2D eigenvalue weighted by molar-refractivity contribution is 5.19. The lowest BCUT2D eigenvalue weighted by Gasteiger charge is -2.23. The molecule has 2 heteroatoms. The first-order valence-corrected chi connectivity index (χ1v) is 7.17. The van der Waals surface area contributed by atoms with Gasteiger partial charge in [-0.3, -0.25) is 0 Å². The second kappa shape index (κ2) is 6.91. The van der Waals surface area contributed by atoms with E-state index in [1.54, 1.807) is 0 Å². The second-order valence-electron chi connectivity index (χ2n) is 5.51. The van der Waals surface area contributed by atoms with Crippen LogP contribution in [0.25, 0.3) is 0 Å². The van der Waals surface area contributed by atoms with Crippen molar-refractivity contribution in [3.63, 3.8) is 0 Å². The fraction of sp³-hybridized carbons (Fsp3) is 0.625. The van der Waals surface area contributed by atoms with Crippen LogP contribution in [0.2, 0.25) is 0 Å². The number of benzene rings is 1. The Morgan fingerprint density at radius 1 is 1.28 bits per heavy atom. The maximum absolute atomic E-state index is 5.66. The molecule has 1 aromatic carbocycles. The van der Waals surface area contributed by atoms with Crippen molar-refractivity contribution in [2.24, 2.45) is 5.92 Å². The number of hydrogen-bond donors (Lipinski definition) is 1. The highest BCUT2D eigenvalue weighted by Crippen LogP contribution is 2.22. The van der Waals surface area contributed by atoms with Crippen LogP contribution >= 0.6 is 0 Å². The maximum Gasteiger partial charge on any atom is 0.0588 e. The molecular formula is C16H25NO. The van der Waals surface area contributed by atoms with Crippen LogP contribution in [-0.2, 0) is 4.74 Å². The lowest BCUT2D eigenvalue weighted by molar-refractivity contribution is 0.103. The van der Waals surface area contributed by atoms with Crippen LogP contribution in [0.5, 0.6) is 0 Å². The van der Waals surface area contributed by atoms with E-state index in [-0.39, 0.29) is 0 Å². The van der Waals surface area contributed by atoms with Crippen LogP contribution in [0.1, 0.15) is 44.7 Å². The van der Waals surface area contributed by atoms with Crippen molar-refractivity contribution in [1.82, 2.24) is 5.32 Å². The molecule has 0 amide bonds. The molecule has 1 aliphatic heterocycles. The molecule has 1 N–H and O–H groups in total. The molecule has 2 rings (SSSR count). The van der Waals surface area contributed by atoms with Crippen molar-refractivity contribution in [3.8, 4) is 0 Å². The fourth-order valence-electron chi connectivity index (χ4n) is 2.67. The Labute approximate surface area is 111 Å². The Bertz CT molecular complexity index is 330. The van der Waals surface area contributed by atoms with Crippen LogP contribution < -0.4 is 5.32 Å². The Morgan fingerprint density at radius 2 is 2.06 bits per heavy atom. The van der Waals surface area contributed by atoms with Gasteiger partial charge in [-0.1, -0.05) is 44.2 Å². The van der Waals surface area contributed by atoms with Crippen molar-refractivity contribution in [2.75, 3.05) is 13.2 Å². The molecule has 0 aliphatic carbocycles. The first-order valence-electron chi connectivity index (χ1n) is 7.17. The number of ether oxygens (including phenoxy) is 1. The van der Waals surface area contributed by atoms with Gasteiger partial charge in [0, 0.05) is 12.6 Å². The van der Waals surface area contributed by atoms with E-state index < -0.39 is 0 Å². The molecule has 1 heterocycles. The molecule has 1 aliphatic rings. The van der Waals surface area contributed by atoms with Gasteiger partial charge in [0.25, 0.3) is 0 Å². The molecule has 100 valence electrons. The number of nitrogens with one attached hydrogen (secondary N) is 1. The van der Waals surface area contributed by atoms with Gasteiger partial charge in [0.2, 0.25) is 0 Å². The quantitative estimate of drug-likeness (QED) is 0.830. The summed E-state index contributed by atoms with van der Waals surface area (Å²) in [6.45, 7) is 6.55. The predicted molar refractivity (Wildman–Crippen MR) is 75.6 cm³/mol. The normalized spacial score (nSPS) is 21.4. The average molecular weight is 247 g/mol. The van der Waals surface area contributed by atoms with E-state index >= 15 is 0 Å². The van der Waals surface area contributed by atoms with Crippen molar-refractivity contribution in [3.05, 3.63) is 35.9 Å². The summed E-state index contributed by atoms with van der Waals surface area (Å²) >= 11 is 0. The smallest absolute Gasteiger partial charge is 0.0588 e.